The van der Waals surface area contributed by atoms with Crippen molar-refractivity contribution in [3.8, 4) is 0 Å². The molecule has 7 nitrogen and oxygen atoms in total. The van der Waals surface area contributed by atoms with Gasteiger partial charge in [0.1, 0.15) is 5.75 Å². The molecule has 2 heterocycles. The second-order valence-corrected chi connectivity index (χ2v) is 10.7. The summed E-state index contributed by atoms with van der Waals surface area (Å²) in [5.41, 5.74) is 2.14. The first-order valence-electron chi connectivity index (χ1n) is 11.7. The number of amides is 2. The zero-order chi connectivity index (χ0) is 25.9. The van der Waals surface area contributed by atoms with Crippen LogP contribution in [-0.4, -0.2) is 44.4 Å². The maximum atomic E-state index is 13.4. The molecule has 9 heteroatoms. The van der Waals surface area contributed by atoms with Crippen molar-refractivity contribution in [2.75, 3.05) is 5.75 Å². The average molecular weight is 535 g/mol. The zero-order valence-electron chi connectivity index (χ0n) is 19.6. The maximum Gasteiger partial charge on any atom is 0.357 e. The summed E-state index contributed by atoms with van der Waals surface area (Å²) in [6, 6.07) is 26.5. The van der Waals surface area contributed by atoms with Gasteiger partial charge in [-0.2, -0.15) is 0 Å². The van der Waals surface area contributed by atoms with Gasteiger partial charge < -0.3 is 14.6 Å². The van der Waals surface area contributed by atoms with Crippen molar-refractivity contribution >= 4 is 40.6 Å². The van der Waals surface area contributed by atoms with Gasteiger partial charge >= 0.3 is 5.97 Å². The predicted octanol–water partition coefficient (Wildman–Crippen LogP) is 3.43. The van der Waals surface area contributed by atoms with E-state index in [2.05, 4.69) is 5.32 Å². The van der Waals surface area contributed by atoms with E-state index in [1.807, 2.05) is 78.9 Å². The molecule has 188 valence electrons. The van der Waals surface area contributed by atoms with E-state index in [1.165, 1.54) is 0 Å². The van der Waals surface area contributed by atoms with Crippen molar-refractivity contribution in [3.63, 3.8) is 0 Å². The quantitative estimate of drug-likeness (QED) is 0.284. The summed E-state index contributed by atoms with van der Waals surface area (Å²) >= 11 is 4.77. The Morgan fingerprint density at radius 2 is 1.51 bits per heavy atom. The number of benzene rings is 3. The second-order valence-electron chi connectivity index (χ2n) is 8.69. The fourth-order valence-electron chi connectivity index (χ4n) is 4.48. The lowest BCUT2D eigenvalue weighted by Gasteiger charge is -2.48. The van der Waals surface area contributed by atoms with E-state index in [0.29, 0.717) is 0 Å². The van der Waals surface area contributed by atoms with Gasteiger partial charge in [-0.1, -0.05) is 103 Å². The molecule has 3 atom stereocenters. The Morgan fingerprint density at radius 1 is 0.973 bits per heavy atom. The van der Waals surface area contributed by atoms with E-state index in [4.69, 9.17) is 16.3 Å². The average Bonchev–Trinajstić information content (AvgIpc) is 2.91. The minimum Gasteiger partial charge on any atom is -0.614 e. The number of nitrogens with one attached hydrogen (secondary N) is 1. The summed E-state index contributed by atoms with van der Waals surface area (Å²) in [6.07, 6.45) is -0.666. The standard InChI is InChI=1S/C28H23ClN2O5S/c29-21-17-37(35)27-23(30-22(32)16-18-10-4-1-5-11-18)26(33)31(27)24(21)28(34)36-25(19-12-6-2-7-13-19)20-14-8-3-9-15-20/h1-15,23,25,27H,16-17H2,(H,30,32)/t23?,27-,37?/m1/s1. The van der Waals surface area contributed by atoms with Crippen molar-refractivity contribution in [1.82, 2.24) is 10.2 Å². The van der Waals surface area contributed by atoms with Gasteiger partial charge in [-0.25, -0.2) is 4.79 Å². The van der Waals surface area contributed by atoms with Gasteiger partial charge in [-0.3, -0.25) is 14.5 Å². The Morgan fingerprint density at radius 3 is 2.08 bits per heavy atom. The topological polar surface area (TPSA) is 98.8 Å². The third kappa shape index (κ3) is 5.13. The lowest BCUT2D eigenvalue weighted by Crippen LogP contribution is -2.74. The van der Waals surface area contributed by atoms with Crippen molar-refractivity contribution in [3.05, 3.63) is 118 Å². The van der Waals surface area contributed by atoms with E-state index in [0.717, 1.165) is 21.6 Å². The number of β-lactam (4-membered cyclic amide) rings is 1. The number of rotatable bonds is 7. The summed E-state index contributed by atoms with van der Waals surface area (Å²) in [5, 5.41) is 1.76. The van der Waals surface area contributed by atoms with E-state index < -0.39 is 40.6 Å². The number of hydrogen-bond donors (Lipinski definition) is 1. The Labute approximate surface area is 222 Å². The van der Waals surface area contributed by atoms with Crippen LogP contribution >= 0.6 is 11.6 Å². The first-order valence-corrected chi connectivity index (χ1v) is 13.4. The van der Waals surface area contributed by atoms with Crippen LogP contribution < -0.4 is 5.32 Å². The number of ether oxygens (including phenoxy) is 1. The number of carbonyl (C=O) groups excluding carboxylic acids is 3. The van der Waals surface area contributed by atoms with Gasteiger partial charge in [0.05, 0.1) is 11.5 Å². The molecule has 1 fully saturated rings. The molecular formula is C28H23ClN2O5S. The van der Waals surface area contributed by atoms with E-state index in [1.54, 1.807) is 12.1 Å². The SMILES string of the molecule is O=C(Cc1ccccc1)NC1C(=O)N2C(C(=O)OC(c3ccccc3)c3ccccc3)=C(Cl)C[S+]([O-])[C@H]12. The zero-order valence-corrected chi connectivity index (χ0v) is 21.2. The fourth-order valence-corrected chi connectivity index (χ4v) is 6.46. The second kappa shape index (κ2) is 10.8. The molecule has 0 saturated carbocycles. The van der Waals surface area contributed by atoms with Crippen LogP contribution in [-0.2, 0) is 36.7 Å². The fraction of sp³-hybridized carbons (Fsp3) is 0.179. The lowest BCUT2D eigenvalue weighted by molar-refractivity contribution is -0.154. The summed E-state index contributed by atoms with van der Waals surface area (Å²) < 4.78 is 18.8. The first kappa shape index (κ1) is 25.1. The molecule has 0 radical (unpaired) electrons. The number of halogens is 1. The summed E-state index contributed by atoms with van der Waals surface area (Å²) in [5.74, 6) is -1.85. The Balaban J connectivity index is 1.35. The van der Waals surface area contributed by atoms with Crippen LogP contribution in [0.3, 0.4) is 0 Å². The minimum absolute atomic E-state index is 0.0122. The minimum atomic E-state index is -1.60. The van der Waals surface area contributed by atoms with Gasteiger partial charge in [0.25, 0.3) is 5.91 Å². The number of carbonyl (C=O) groups is 3. The normalized spacial score (nSPS) is 20.8. The highest BCUT2D eigenvalue weighted by atomic mass is 35.5. The number of nitrogens with zero attached hydrogens (tertiary/aromatic N) is 1. The van der Waals surface area contributed by atoms with E-state index in [9.17, 15) is 18.9 Å². The summed E-state index contributed by atoms with van der Waals surface area (Å²) in [4.78, 5) is 40.2. The highest BCUT2D eigenvalue weighted by Gasteiger charge is 2.61. The first-order chi connectivity index (χ1) is 17.9. The van der Waals surface area contributed by atoms with Gasteiger partial charge in [0.2, 0.25) is 11.3 Å². The molecule has 3 aromatic carbocycles. The number of fused-ring (bicyclic) bond motifs is 1. The van der Waals surface area contributed by atoms with Crippen LogP contribution in [0.2, 0.25) is 0 Å². The molecule has 0 aliphatic carbocycles. The van der Waals surface area contributed by atoms with Gasteiger partial charge in [-0.15, -0.1) is 0 Å². The predicted molar refractivity (Wildman–Crippen MR) is 139 cm³/mol. The summed E-state index contributed by atoms with van der Waals surface area (Å²) in [7, 11) is 0. The molecular weight excluding hydrogens is 512 g/mol. The van der Waals surface area contributed by atoms with Crippen LogP contribution in [0.1, 0.15) is 22.8 Å². The molecule has 2 amide bonds. The highest BCUT2D eigenvalue weighted by molar-refractivity contribution is 7.92. The van der Waals surface area contributed by atoms with Crippen LogP contribution in [0.4, 0.5) is 0 Å². The molecule has 2 unspecified atom stereocenters. The van der Waals surface area contributed by atoms with Crippen molar-refractivity contribution in [1.29, 1.82) is 0 Å². The van der Waals surface area contributed by atoms with Crippen molar-refractivity contribution < 1.29 is 23.7 Å². The highest BCUT2D eigenvalue weighted by Crippen LogP contribution is 2.39. The van der Waals surface area contributed by atoms with E-state index in [-0.39, 0.29) is 28.8 Å². The molecule has 1 saturated heterocycles. The third-order valence-electron chi connectivity index (χ3n) is 6.23. The third-order valence-corrected chi connectivity index (χ3v) is 8.29. The monoisotopic (exact) mass is 534 g/mol. The van der Waals surface area contributed by atoms with Gasteiger partial charge in [0.15, 0.2) is 17.8 Å². The van der Waals surface area contributed by atoms with Crippen LogP contribution in [0, 0.1) is 0 Å². The molecule has 1 N–H and O–H groups in total. The van der Waals surface area contributed by atoms with E-state index >= 15 is 0 Å². The Hall–Kier alpha value is -3.59. The van der Waals surface area contributed by atoms with Crippen LogP contribution in [0.15, 0.2) is 102 Å². The molecule has 3 aromatic rings. The van der Waals surface area contributed by atoms with Crippen LogP contribution in [0.5, 0.6) is 0 Å². The number of esters is 1. The smallest absolute Gasteiger partial charge is 0.357 e. The maximum absolute atomic E-state index is 13.4. The molecule has 2 aliphatic heterocycles. The van der Waals surface area contributed by atoms with Crippen LogP contribution in [0.25, 0.3) is 0 Å². The lowest BCUT2D eigenvalue weighted by atomic mass is 10.0. The van der Waals surface area contributed by atoms with Gasteiger partial charge in [0, 0.05) is 0 Å². The van der Waals surface area contributed by atoms with Crippen molar-refractivity contribution in [2.45, 2.75) is 23.9 Å². The molecule has 0 bridgehead atoms. The molecule has 0 aromatic heterocycles. The Kier molecular flexibility index (Phi) is 7.32. The molecule has 5 rings (SSSR count). The largest absolute Gasteiger partial charge is 0.614 e. The Bertz CT molecular complexity index is 1300. The summed E-state index contributed by atoms with van der Waals surface area (Å²) in [6.45, 7) is 0. The van der Waals surface area contributed by atoms with Gasteiger partial charge in [-0.05, 0) is 27.9 Å². The molecule has 2 aliphatic rings. The number of hydrogen-bond acceptors (Lipinski definition) is 5. The molecule has 37 heavy (non-hydrogen) atoms. The van der Waals surface area contributed by atoms with Crippen molar-refractivity contribution in [2.24, 2.45) is 0 Å². The molecule has 0 spiro atoms.